The van der Waals surface area contributed by atoms with Crippen molar-refractivity contribution in [3.05, 3.63) is 75.4 Å². The molecule has 0 saturated carbocycles. The highest BCUT2D eigenvalue weighted by Gasteiger charge is 2.18. The normalized spacial score (nSPS) is 11.8. The molecule has 8 nitrogen and oxygen atoms in total. The molecular formula is C20H18N4O4S2. The first-order chi connectivity index (χ1) is 14.2. The van der Waals surface area contributed by atoms with Gasteiger partial charge in [0.25, 0.3) is 5.56 Å². The fraction of sp³-hybridized carbons (Fsp3) is 0.150. The number of Topliss-reactive ketones (excluding diaryl/α,β-unsaturated/α-hetero) is 1. The van der Waals surface area contributed by atoms with Gasteiger partial charge in [-0.05, 0) is 55.6 Å². The van der Waals surface area contributed by atoms with Crippen LogP contribution in [0.2, 0.25) is 0 Å². The number of sulfonamides is 1. The molecule has 4 aromatic rings. The van der Waals surface area contributed by atoms with E-state index >= 15 is 0 Å². The van der Waals surface area contributed by atoms with Crippen molar-refractivity contribution in [2.24, 2.45) is 5.14 Å². The number of fused-ring (bicyclic) bond motifs is 1. The van der Waals surface area contributed by atoms with Gasteiger partial charge in [0, 0.05) is 22.6 Å². The first-order valence-electron chi connectivity index (χ1n) is 8.95. The summed E-state index contributed by atoms with van der Waals surface area (Å²) in [6, 6.07) is 9.63. The molecule has 3 aromatic heterocycles. The summed E-state index contributed by atoms with van der Waals surface area (Å²) in [4.78, 5) is 29.8. The number of aryl methyl sites for hydroxylation is 1. The molecule has 0 radical (unpaired) electrons. The van der Waals surface area contributed by atoms with Gasteiger partial charge in [0.1, 0.15) is 4.70 Å². The smallest absolute Gasteiger partial charge is 0.271 e. The van der Waals surface area contributed by atoms with Crippen molar-refractivity contribution < 1.29 is 13.2 Å². The maximum Gasteiger partial charge on any atom is 0.271 e. The average molecular weight is 443 g/mol. The van der Waals surface area contributed by atoms with Crippen LogP contribution in [0, 0.1) is 13.8 Å². The van der Waals surface area contributed by atoms with E-state index in [-0.39, 0.29) is 22.8 Å². The molecule has 4 rings (SSSR count). The second-order valence-corrected chi connectivity index (χ2v) is 9.37. The lowest BCUT2D eigenvalue weighted by molar-refractivity contribution is 0.0970. The van der Waals surface area contributed by atoms with E-state index in [9.17, 15) is 18.0 Å². The zero-order chi connectivity index (χ0) is 21.6. The van der Waals surface area contributed by atoms with Crippen LogP contribution in [0.1, 0.15) is 21.7 Å². The highest BCUT2D eigenvalue weighted by Crippen LogP contribution is 2.23. The Balaban J connectivity index is 1.68. The van der Waals surface area contributed by atoms with Crippen LogP contribution < -0.4 is 10.7 Å². The summed E-state index contributed by atoms with van der Waals surface area (Å²) < 4.78 is 26.6. The number of carbonyl (C=O) groups excluding carboxylic acids is 1. The Kier molecular flexibility index (Phi) is 4.92. The molecule has 30 heavy (non-hydrogen) atoms. The van der Waals surface area contributed by atoms with E-state index in [0.29, 0.717) is 27.2 Å². The Morgan fingerprint density at radius 1 is 1.17 bits per heavy atom. The number of carbonyl (C=O) groups is 1. The van der Waals surface area contributed by atoms with E-state index in [2.05, 4.69) is 4.98 Å². The highest BCUT2D eigenvalue weighted by atomic mass is 32.2. The van der Waals surface area contributed by atoms with Crippen molar-refractivity contribution >= 4 is 37.4 Å². The van der Waals surface area contributed by atoms with Crippen LogP contribution in [0.4, 0.5) is 0 Å². The topological polar surface area (TPSA) is 117 Å². The summed E-state index contributed by atoms with van der Waals surface area (Å²) in [6.07, 6.45) is 1.39. The van der Waals surface area contributed by atoms with Gasteiger partial charge in [0.2, 0.25) is 10.0 Å². The molecule has 10 heteroatoms. The van der Waals surface area contributed by atoms with Crippen LogP contribution in [0.15, 0.2) is 57.8 Å². The first kappa shape index (κ1) is 20.2. The third-order valence-corrected chi connectivity index (χ3v) is 6.73. The summed E-state index contributed by atoms with van der Waals surface area (Å²) in [5.74, 6) is -0.213. The summed E-state index contributed by atoms with van der Waals surface area (Å²) in [6.45, 7) is 3.54. The van der Waals surface area contributed by atoms with E-state index in [1.165, 1.54) is 34.4 Å². The third kappa shape index (κ3) is 3.49. The van der Waals surface area contributed by atoms with Crippen molar-refractivity contribution in [2.75, 3.05) is 0 Å². The molecule has 0 aliphatic carbocycles. The predicted molar refractivity (Wildman–Crippen MR) is 115 cm³/mol. The first-order valence-corrected chi connectivity index (χ1v) is 11.4. The van der Waals surface area contributed by atoms with Crippen molar-refractivity contribution in [1.29, 1.82) is 0 Å². The second-order valence-electron chi connectivity index (χ2n) is 6.89. The SMILES string of the molecule is Cc1cc(C(=O)Cn2cnc3ccsc3c2=O)c(C)n1-c1ccc(S(N)(=O)=O)cc1. The monoisotopic (exact) mass is 442 g/mol. The minimum Gasteiger partial charge on any atom is -0.318 e. The Labute approximate surface area is 176 Å². The van der Waals surface area contributed by atoms with Gasteiger partial charge in [-0.3, -0.25) is 14.2 Å². The van der Waals surface area contributed by atoms with E-state index in [4.69, 9.17) is 5.14 Å². The Morgan fingerprint density at radius 2 is 1.87 bits per heavy atom. The molecule has 154 valence electrons. The van der Waals surface area contributed by atoms with Crippen LogP contribution in [0.3, 0.4) is 0 Å². The van der Waals surface area contributed by atoms with Gasteiger partial charge in [0.15, 0.2) is 5.78 Å². The lowest BCUT2D eigenvalue weighted by atomic mass is 10.1. The molecule has 0 amide bonds. The van der Waals surface area contributed by atoms with E-state index in [1.807, 2.05) is 11.5 Å². The third-order valence-electron chi connectivity index (χ3n) is 4.90. The predicted octanol–water partition coefficient (Wildman–Crippen LogP) is 2.40. The van der Waals surface area contributed by atoms with E-state index in [1.54, 1.807) is 36.6 Å². The number of hydrogen-bond donors (Lipinski definition) is 1. The van der Waals surface area contributed by atoms with E-state index < -0.39 is 10.0 Å². The van der Waals surface area contributed by atoms with Crippen LogP contribution in [-0.2, 0) is 16.6 Å². The molecule has 0 atom stereocenters. The molecule has 0 saturated heterocycles. The lowest BCUT2D eigenvalue weighted by Gasteiger charge is -2.11. The molecule has 1 aromatic carbocycles. The number of thiophene rings is 1. The molecule has 0 aliphatic rings. The summed E-state index contributed by atoms with van der Waals surface area (Å²) in [7, 11) is -3.78. The fourth-order valence-corrected chi connectivity index (χ4v) is 4.77. The highest BCUT2D eigenvalue weighted by molar-refractivity contribution is 7.89. The van der Waals surface area contributed by atoms with Crippen LogP contribution >= 0.6 is 11.3 Å². The summed E-state index contributed by atoms with van der Waals surface area (Å²) in [5.41, 5.74) is 3.07. The van der Waals surface area contributed by atoms with Gasteiger partial charge < -0.3 is 4.57 Å². The lowest BCUT2D eigenvalue weighted by Crippen LogP contribution is -2.24. The zero-order valence-electron chi connectivity index (χ0n) is 16.2. The minimum absolute atomic E-state index is 0.0147. The molecule has 2 N–H and O–H groups in total. The number of nitrogens with zero attached hydrogens (tertiary/aromatic N) is 3. The Bertz CT molecular complexity index is 1440. The van der Waals surface area contributed by atoms with Gasteiger partial charge >= 0.3 is 0 Å². The molecule has 3 heterocycles. The van der Waals surface area contributed by atoms with Crippen molar-refractivity contribution in [3.63, 3.8) is 0 Å². The molecule has 0 spiro atoms. The fourth-order valence-electron chi connectivity index (χ4n) is 3.46. The number of rotatable bonds is 5. The average Bonchev–Trinajstić information content (AvgIpc) is 3.28. The van der Waals surface area contributed by atoms with Crippen molar-refractivity contribution in [3.8, 4) is 5.69 Å². The van der Waals surface area contributed by atoms with Crippen LogP contribution in [0.25, 0.3) is 15.9 Å². The molecule has 0 aliphatic heterocycles. The van der Waals surface area contributed by atoms with Gasteiger partial charge in [-0.2, -0.15) is 0 Å². The minimum atomic E-state index is -3.78. The largest absolute Gasteiger partial charge is 0.318 e. The maximum absolute atomic E-state index is 13.0. The molecule has 0 fully saturated rings. The number of aromatic nitrogens is 3. The van der Waals surface area contributed by atoms with E-state index in [0.717, 1.165) is 5.69 Å². The van der Waals surface area contributed by atoms with Crippen molar-refractivity contribution in [1.82, 2.24) is 14.1 Å². The van der Waals surface area contributed by atoms with Crippen LogP contribution in [-0.4, -0.2) is 28.3 Å². The number of hydrogen-bond acceptors (Lipinski definition) is 6. The quantitative estimate of drug-likeness (QED) is 0.476. The molecular weight excluding hydrogens is 424 g/mol. The second kappa shape index (κ2) is 7.31. The summed E-state index contributed by atoms with van der Waals surface area (Å²) in [5, 5.41) is 6.94. The van der Waals surface area contributed by atoms with Gasteiger partial charge in [0.05, 0.1) is 23.3 Å². The van der Waals surface area contributed by atoms with Crippen molar-refractivity contribution in [2.45, 2.75) is 25.3 Å². The number of benzene rings is 1. The number of ketones is 1. The standard InChI is InChI=1S/C20H18N4O4S2/c1-12-9-16(13(2)24(12)14-3-5-15(6-4-14)30(21,27)28)18(25)10-23-11-22-17-7-8-29-19(17)20(23)26/h3-9,11H,10H2,1-2H3,(H2,21,27,28). The summed E-state index contributed by atoms with van der Waals surface area (Å²) >= 11 is 1.30. The number of primary sulfonamides is 1. The molecule has 0 bridgehead atoms. The van der Waals surface area contributed by atoms with Gasteiger partial charge in [-0.25, -0.2) is 18.5 Å². The zero-order valence-corrected chi connectivity index (χ0v) is 17.8. The Morgan fingerprint density at radius 3 is 2.53 bits per heavy atom. The maximum atomic E-state index is 13.0. The number of nitrogens with two attached hydrogens (primary N) is 1. The van der Waals surface area contributed by atoms with Crippen LogP contribution in [0.5, 0.6) is 0 Å². The van der Waals surface area contributed by atoms with Gasteiger partial charge in [-0.15, -0.1) is 11.3 Å². The molecule has 0 unspecified atom stereocenters. The Hall–Kier alpha value is -3.08. The van der Waals surface area contributed by atoms with Gasteiger partial charge in [-0.1, -0.05) is 0 Å².